The maximum absolute atomic E-state index is 4.94. The highest BCUT2D eigenvalue weighted by atomic mass is 15.5. The number of hydrogen-bond acceptors (Lipinski definition) is 3. The Bertz CT molecular complexity index is 371. The summed E-state index contributed by atoms with van der Waals surface area (Å²) in [6.07, 6.45) is 9.72. The van der Waals surface area contributed by atoms with E-state index in [0.29, 0.717) is 6.17 Å². The van der Waals surface area contributed by atoms with E-state index in [0.717, 1.165) is 18.4 Å². The van der Waals surface area contributed by atoms with Crippen LogP contribution < -0.4 is 0 Å². The highest BCUT2D eigenvalue weighted by Crippen LogP contribution is 2.41. The van der Waals surface area contributed by atoms with Crippen molar-refractivity contribution < 1.29 is 0 Å². The molecule has 0 aromatic heterocycles. The summed E-state index contributed by atoms with van der Waals surface area (Å²) >= 11 is 0. The lowest BCUT2D eigenvalue weighted by Crippen LogP contribution is -2.33. The van der Waals surface area contributed by atoms with Crippen molar-refractivity contribution in [2.45, 2.75) is 51.1 Å². The van der Waals surface area contributed by atoms with E-state index < -0.39 is 0 Å². The van der Waals surface area contributed by atoms with Gasteiger partial charge in [0.25, 0.3) is 0 Å². The van der Waals surface area contributed by atoms with Crippen LogP contribution >= 0.6 is 0 Å². The number of nitrogens with zero attached hydrogens (tertiary/aromatic N) is 3. The molecule has 3 nitrogen and oxygen atoms in total. The summed E-state index contributed by atoms with van der Waals surface area (Å²) in [5, 5.41) is 7.16. The van der Waals surface area contributed by atoms with Crippen molar-refractivity contribution in [2.75, 3.05) is 6.54 Å². The Balaban J connectivity index is 1.70. The maximum atomic E-state index is 4.94. The number of hydrazone groups is 1. The normalized spacial score (nSPS) is 41.0. The van der Waals surface area contributed by atoms with Crippen LogP contribution in [0, 0.1) is 11.8 Å². The molecule has 86 valence electrons. The molecule has 3 unspecified atom stereocenters. The number of aliphatic imine (C=N–C) groups is 1. The second-order valence-electron chi connectivity index (χ2n) is 5.70. The fourth-order valence-electron chi connectivity index (χ4n) is 3.93. The molecule has 2 aliphatic carbocycles. The van der Waals surface area contributed by atoms with Crippen LogP contribution in [0.1, 0.15) is 44.9 Å². The van der Waals surface area contributed by atoms with Crippen molar-refractivity contribution in [3.05, 3.63) is 0 Å². The predicted octanol–water partition coefficient (Wildman–Crippen LogP) is 2.43. The minimum Gasteiger partial charge on any atom is -0.272 e. The van der Waals surface area contributed by atoms with Gasteiger partial charge in [0.15, 0.2) is 0 Å². The van der Waals surface area contributed by atoms with Crippen molar-refractivity contribution in [1.29, 1.82) is 0 Å². The second kappa shape index (κ2) is 3.31. The number of fused-ring (bicyclic) bond motifs is 4. The fourth-order valence-corrected chi connectivity index (χ4v) is 3.93. The molecule has 2 saturated carbocycles. The van der Waals surface area contributed by atoms with Gasteiger partial charge in [-0.15, -0.1) is 0 Å². The maximum Gasteiger partial charge on any atom is 0.137 e. The third-order valence-electron chi connectivity index (χ3n) is 4.75. The van der Waals surface area contributed by atoms with E-state index >= 15 is 0 Å². The predicted molar refractivity (Wildman–Crippen MR) is 64.7 cm³/mol. The third kappa shape index (κ3) is 1.20. The molecular formula is C13H19N3. The molecule has 0 amide bonds. The van der Waals surface area contributed by atoms with Crippen molar-refractivity contribution in [3.8, 4) is 0 Å². The van der Waals surface area contributed by atoms with Gasteiger partial charge in [0, 0.05) is 12.5 Å². The zero-order valence-corrected chi connectivity index (χ0v) is 9.73. The highest BCUT2D eigenvalue weighted by Gasteiger charge is 2.42. The van der Waals surface area contributed by atoms with Crippen LogP contribution in [0.5, 0.6) is 0 Å². The molecule has 0 aromatic carbocycles. The molecular weight excluding hydrogens is 198 g/mol. The molecule has 2 heterocycles. The largest absolute Gasteiger partial charge is 0.272 e. The van der Waals surface area contributed by atoms with Gasteiger partial charge < -0.3 is 0 Å². The molecule has 0 bridgehead atoms. The molecule has 2 aliphatic heterocycles. The van der Waals surface area contributed by atoms with Gasteiger partial charge >= 0.3 is 0 Å². The summed E-state index contributed by atoms with van der Waals surface area (Å²) in [5.74, 6) is 1.64. The van der Waals surface area contributed by atoms with Gasteiger partial charge in [-0.1, -0.05) is 12.8 Å². The molecule has 16 heavy (non-hydrogen) atoms. The van der Waals surface area contributed by atoms with Crippen LogP contribution in [0.15, 0.2) is 10.1 Å². The van der Waals surface area contributed by atoms with Crippen LogP contribution in [0.4, 0.5) is 0 Å². The standard InChI is InChI=1S/C13H19N3/c1-2-5-10-9(4-1)8-11-13(10)15-16-7-3-6-12(16)14-11/h9-10,12H,1-8H2. The van der Waals surface area contributed by atoms with Crippen LogP contribution in [0.3, 0.4) is 0 Å². The lowest BCUT2D eigenvalue weighted by Gasteiger charge is -2.27. The second-order valence-corrected chi connectivity index (χ2v) is 5.70. The summed E-state index contributed by atoms with van der Waals surface area (Å²) in [5.41, 5.74) is 2.75. The number of rotatable bonds is 0. The molecule has 4 aliphatic rings. The third-order valence-corrected chi connectivity index (χ3v) is 4.75. The lowest BCUT2D eigenvalue weighted by molar-refractivity contribution is 0.266. The topological polar surface area (TPSA) is 28.0 Å². The Morgan fingerprint density at radius 2 is 2.00 bits per heavy atom. The first kappa shape index (κ1) is 9.20. The summed E-state index contributed by atoms with van der Waals surface area (Å²) in [6.45, 7) is 1.13. The SMILES string of the molecule is C1CCC2C3=NN4CCCC4N=C3CC2C1. The molecule has 3 atom stereocenters. The molecule has 0 N–H and O–H groups in total. The van der Waals surface area contributed by atoms with E-state index in [9.17, 15) is 0 Å². The van der Waals surface area contributed by atoms with Gasteiger partial charge in [-0.25, -0.2) is 0 Å². The van der Waals surface area contributed by atoms with Crippen LogP contribution in [-0.4, -0.2) is 29.1 Å². The molecule has 0 aromatic rings. The van der Waals surface area contributed by atoms with E-state index in [4.69, 9.17) is 10.1 Å². The Labute approximate surface area is 96.6 Å². The van der Waals surface area contributed by atoms with Crippen molar-refractivity contribution in [3.63, 3.8) is 0 Å². The fraction of sp³-hybridized carbons (Fsp3) is 0.846. The highest BCUT2D eigenvalue weighted by molar-refractivity contribution is 6.45. The van der Waals surface area contributed by atoms with E-state index in [2.05, 4.69) is 5.01 Å². The van der Waals surface area contributed by atoms with Crippen molar-refractivity contribution in [2.24, 2.45) is 21.9 Å². The first-order valence-corrected chi connectivity index (χ1v) is 6.84. The summed E-state index contributed by atoms with van der Waals surface area (Å²) in [6, 6.07) is 0. The molecule has 3 heteroatoms. The quantitative estimate of drug-likeness (QED) is 0.612. The first-order valence-electron chi connectivity index (χ1n) is 6.84. The smallest absolute Gasteiger partial charge is 0.137 e. The summed E-state index contributed by atoms with van der Waals surface area (Å²) in [4.78, 5) is 4.94. The van der Waals surface area contributed by atoms with Gasteiger partial charge in [0.05, 0.1) is 11.4 Å². The Kier molecular flexibility index (Phi) is 1.91. The van der Waals surface area contributed by atoms with E-state index in [1.165, 1.54) is 56.4 Å². The zero-order chi connectivity index (χ0) is 10.5. The van der Waals surface area contributed by atoms with Gasteiger partial charge in [-0.2, -0.15) is 5.10 Å². The van der Waals surface area contributed by atoms with Crippen LogP contribution in [0.25, 0.3) is 0 Å². The van der Waals surface area contributed by atoms with Gasteiger partial charge in [0.2, 0.25) is 0 Å². The minimum atomic E-state index is 0.402. The minimum absolute atomic E-state index is 0.402. The Morgan fingerprint density at radius 1 is 1.06 bits per heavy atom. The zero-order valence-electron chi connectivity index (χ0n) is 9.73. The van der Waals surface area contributed by atoms with E-state index in [1.54, 1.807) is 0 Å². The van der Waals surface area contributed by atoms with Gasteiger partial charge in [-0.3, -0.25) is 10.0 Å². The van der Waals surface area contributed by atoms with Gasteiger partial charge in [0.1, 0.15) is 6.17 Å². The van der Waals surface area contributed by atoms with Crippen LogP contribution in [0.2, 0.25) is 0 Å². The average molecular weight is 217 g/mol. The first-order chi connectivity index (χ1) is 7.92. The molecule has 1 saturated heterocycles. The summed E-state index contributed by atoms with van der Waals surface area (Å²) in [7, 11) is 0. The van der Waals surface area contributed by atoms with Gasteiger partial charge in [-0.05, 0) is 38.0 Å². The molecule has 4 rings (SSSR count). The van der Waals surface area contributed by atoms with E-state index in [-0.39, 0.29) is 0 Å². The lowest BCUT2D eigenvalue weighted by atomic mass is 9.81. The van der Waals surface area contributed by atoms with Crippen molar-refractivity contribution >= 4 is 11.4 Å². The molecule has 0 radical (unpaired) electrons. The molecule has 3 fully saturated rings. The monoisotopic (exact) mass is 217 g/mol. The molecule has 0 spiro atoms. The number of hydrogen-bond donors (Lipinski definition) is 0. The summed E-state index contributed by atoms with van der Waals surface area (Å²) < 4.78 is 0. The average Bonchev–Trinajstić information content (AvgIpc) is 2.88. The van der Waals surface area contributed by atoms with E-state index in [1.807, 2.05) is 0 Å². The van der Waals surface area contributed by atoms with Crippen LogP contribution in [-0.2, 0) is 0 Å². The van der Waals surface area contributed by atoms with Crippen molar-refractivity contribution in [1.82, 2.24) is 5.01 Å². The Morgan fingerprint density at radius 3 is 3.00 bits per heavy atom. The Hall–Kier alpha value is -0.860.